The van der Waals surface area contributed by atoms with Gasteiger partial charge in [-0.25, -0.2) is 4.79 Å². The van der Waals surface area contributed by atoms with Crippen LogP contribution in [0.1, 0.15) is 56.2 Å². The summed E-state index contributed by atoms with van der Waals surface area (Å²) in [5, 5.41) is 2.92. The lowest BCUT2D eigenvalue weighted by Gasteiger charge is -2.38. The van der Waals surface area contributed by atoms with Crippen LogP contribution in [0.3, 0.4) is 0 Å². The standard InChI is InChI=1S/C36H41N3O6/c1-36(2,3)45-34(41)16-15-29-31(13-8-14-32(29)39-19-18-38(21-33(39)40)24-17-20-43-22-24)37-35(42)44-23-30-27-11-6-4-9-25(27)26-10-5-7-12-28(26)30/h4-14,24,30H,15-23H2,1-3H3,(H,37,42)/t24-/m0/s1. The zero-order valence-corrected chi connectivity index (χ0v) is 26.2. The fourth-order valence-corrected chi connectivity index (χ4v) is 6.64. The van der Waals surface area contributed by atoms with E-state index >= 15 is 0 Å². The van der Waals surface area contributed by atoms with Crippen molar-refractivity contribution < 1.29 is 28.6 Å². The molecule has 0 unspecified atom stereocenters. The fraction of sp³-hybridized carbons (Fsp3) is 0.417. The second-order valence-electron chi connectivity index (χ2n) is 12.9. The van der Waals surface area contributed by atoms with Crippen LogP contribution in [-0.4, -0.2) is 74.0 Å². The zero-order valence-electron chi connectivity index (χ0n) is 26.2. The van der Waals surface area contributed by atoms with Crippen LogP contribution in [0.4, 0.5) is 16.2 Å². The molecule has 236 valence electrons. The number of nitrogens with zero attached hydrogens (tertiary/aromatic N) is 2. The Balaban J connectivity index is 1.20. The number of hydrogen-bond donors (Lipinski definition) is 1. The van der Waals surface area contributed by atoms with Gasteiger partial charge in [-0.3, -0.25) is 19.8 Å². The average Bonchev–Trinajstić information content (AvgIpc) is 3.66. The summed E-state index contributed by atoms with van der Waals surface area (Å²) in [4.78, 5) is 43.4. The minimum absolute atomic E-state index is 0.0232. The van der Waals surface area contributed by atoms with E-state index in [4.69, 9.17) is 14.2 Å². The summed E-state index contributed by atoms with van der Waals surface area (Å²) in [5.74, 6) is -0.438. The predicted molar refractivity (Wildman–Crippen MR) is 172 cm³/mol. The molecule has 0 spiro atoms. The van der Waals surface area contributed by atoms with Crippen LogP contribution in [-0.2, 0) is 30.2 Å². The van der Waals surface area contributed by atoms with Crippen LogP contribution in [0.2, 0.25) is 0 Å². The van der Waals surface area contributed by atoms with Gasteiger partial charge in [0.2, 0.25) is 5.91 Å². The molecule has 2 aliphatic heterocycles. The van der Waals surface area contributed by atoms with Gasteiger partial charge >= 0.3 is 12.1 Å². The molecule has 0 saturated carbocycles. The molecular weight excluding hydrogens is 570 g/mol. The zero-order chi connectivity index (χ0) is 31.6. The molecule has 6 rings (SSSR count). The Morgan fingerprint density at radius 1 is 0.956 bits per heavy atom. The van der Waals surface area contributed by atoms with Gasteiger partial charge in [-0.05, 0) is 68.0 Å². The van der Waals surface area contributed by atoms with Crippen LogP contribution in [0.5, 0.6) is 0 Å². The Hall–Kier alpha value is -4.21. The summed E-state index contributed by atoms with van der Waals surface area (Å²) < 4.78 is 16.9. The molecule has 9 heteroatoms. The molecule has 3 aliphatic rings. The minimum Gasteiger partial charge on any atom is -0.460 e. The first-order valence-corrected chi connectivity index (χ1v) is 15.8. The topological polar surface area (TPSA) is 97.4 Å². The normalized spacial score (nSPS) is 18.4. The van der Waals surface area contributed by atoms with Gasteiger partial charge in [0.1, 0.15) is 12.2 Å². The second kappa shape index (κ2) is 13.0. The molecular formula is C36H41N3O6. The number of ether oxygens (including phenoxy) is 3. The van der Waals surface area contributed by atoms with E-state index in [1.807, 2.05) is 57.2 Å². The van der Waals surface area contributed by atoms with Crippen LogP contribution < -0.4 is 10.2 Å². The van der Waals surface area contributed by atoms with E-state index in [1.165, 1.54) is 0 Å². The van der Waals surface area contributed by atoms with E-state index in [9.17, 15) is 14.4 Å². The van der Waals surface area contributed by atoms with Gasteiger partial charge in [0.15, 0.2) is 0 Å². The highest BCUT2D eigenvalue weighted by Gasteiger charge is 2.33. The maximum Gasteiger partial charge on any atom is 0.411 e. The Kier molecular flexibility index (Phi) is 8.92. The van der Waals surface area contributed by atoms with E-state index in [-0.39, 0.29) is 43.3 Å². The van der Waals surface area contributed by atoms with Gasteiger partial charge in [0.05, 0.1) is 13.2 Å². The number of rotatable bonds is 8. The summed E-state index contributed by atoms with van der Waals surface area (Å²) in [6.45, 7) is 8.55. The first-order valence-electron chi connectivity index (χ1n) is 15.8. The van der Waals surface area contributed by atoms with Gasteiger partial charge in [0.25, 0.3) is 0 Å². The molecule has 1 aliphatic carbocycles. The number of anilines is 2. The van der Waals surface area contributed by atoms with Gasteiger partial charge in [0, 0.05) is 55.0 Å². The summed E-state index contributed by atoms with van der Waals surface area (Å²) in [5.41, 5.74) is 5.85. The third-order valence-electron chi connectivity index (χ3n) is 8.69. The van der Waals surface area contributed by atoms with Crippen LogP contribution in [0.15, 0.2) is 66.7 Å². The van der Waals surface area contributed by atoms with Crippen molar-refractivity contribution in [1.82, 2.24) is 4.90 Å². The number of nitrogens with one attached hydrogen (secondary N) is 1. The molecule has 3 aromatic carbocycles. The van der Waals surface area contributed by atoms with Gasteiger partial charge in [-0.2, -0.15) is 0 Å². The summed E-state index contributed by atoms with van der Waals surface area (Å²) in [6.07, 6.45) is 0.716. The Labute approximate surface area is 264 Å². The molecule has 1 atom stereocenters. The van der Waals surface area contributed by atoms with E-state index in [0.29, 0.717) is 36.6 Å². The molecule has 2 amide bonds. The number of piperazine rings is 1. The second-order valence-corrected chi connectivity index (χ2v) is 12.9. The van der Waals surface area contributed by atoms with Gasteiger partial charge in [-0.15, -0.1) is 0 Å². The van der Waals surface area contributed by atoms with Crippen molar-refractivity contribution in [2.75, 3.05) is 49.7 Å². The largest absolute Gasteiger partial charge is 0.460 e. The third-order valence-corrected chi connectivity index (χ3v) is 8.69. The molecule has 0 radical (unpaired) electrons. The molecule has 2 fully saturated rings. The highest BCUT2D eigenvalue weighted by molar-refractivity contribution is 5.98. The lowest BCUT2D eigenvalue weighted by atomic mass is 9.98. The Bertz CT molecular complexity index is 1530. The molecule has 45 heavy (non-hydrogen) atoms. The van der Waals surface area contributed by atoms with Gasteiger partial charge < -0.3 is 19.1 Å². The number of fused-ring (bicyclic) bond motifs is 3. The van der Waals surface area contributed by atoms with Crippen molar-refractivity contribution in [2.45, 2.75) is 57.6 Å². The maximum absolute atomic E-state index is 13.5. The van der Waals surface area contributed by atoms with E-state index in [0.717, 1.165) is 41.8 Å². The highest BCUT2D eigenvalue weighted by Crippen LogP contribution is 2.44. The van der Waals surface area contributed by atoms with E-state index in [1.54, 1.807) is 11.0 Å². The van der Waals surface area contributed by atoms with Crippen molar-refractivity contribution >= 4 is 29.3 Å². The number of hydrogen-bond acceptors (Lipinski definition) is 7. The minimum atomic E-state index is -0.616. The SMILES string of the molecule is CC(C)(C)OC(=O)CCc1c(NC(=O)OCC2c3ccccc3-c3ccccc32)cccc1N1CCN([C@H]2CCOC2)CC1=O. The fourth-order valence-electron chi connectivity index (χ4n) is 6.64. The van der Waals surface area contributed by atoms with E-state index < -0.39 is 11.7 Å². The van der Waals surface area contributed by atoms with Crippen LogP contribution in [0, 0.1) is 0 Å². The van der Waals surface area contributed by atoms with Crippen molar-refractivity contribution in [3.8, 4) is 11.1 Å². The Morgan fingerprint density at radius 2 is 1.67 bits per heavy atom. The first kappa shape index (κ1) is 30.8. The Morgan fingerprint density at radius 3 is 2.31 bits per heavy atom. The number of benzene rings is 3. The van der Waals surface area contributed by atoms with Crippen molar-refractivity contribution in [3.63, 3.8) is 0 Å². The summed E-state index contributed by atoms with van der Waals surface area (Å²) in [6, 6.07) is 22.1. The van der Waals surface area contributed by atoms with Crippen molar-refractivity contribution in [1.29, 1.82) is 0 Å². The smallest absolute Gasteiger partial charge is 0.411 e. The summed E-state index contributed by atoms with van der Waals surface area (Å²) >= 11 is 0. The van der Waals surface area contributed by atoms with Gasteiger partial charge in [-0.1, -0.05) is 54.6 Å². The lowest BCUT2D eigenvalue weighted by molar-refractivity contribution is -0.154. The predicted octanol–water partition coefficient (Wildman–Crippen LogP) is 5.76. The van der Waals surface area contributed by atoms with Crippen LogP contribution >= 0.6 is 0 Å². The molecule has 0 bridgehead atoms. The first-order chi connectivity index (χ1) is 21.7. The molecule has 9 nitrogen and oxygen atoms in total. The maximum atomic E-state index is 13.5. The molecule has 2 saturated heterocycles. The number of amides is 2. The molecule has 0 aromatic heterocycles. The van der Waals surface area contributed by atoms with Crippen molar-refractivity contribution in [2.24, 2.45) is 0 Å². The molecule has 1 N–H and O–H groups in total. The number of carbonyl (C=O) groups excluding carboxylic acids is 3. The quantitative estimate of drug-likeness (QED) is 0.324. The monoisotopic (exact) mass is 611 g/mol. The van der Waals surface area contributed by atoms with E-state index in [2.05, 4.69) is 34.5 Å². The molecule has 3 aromatic rings. The van der Waals surface area contributed by atoms with Crippen LogP contribution in [0.25, 0.3) is 11.1 Å². The lowest BCUT2D eigenvalue weighted by Crippen LogP contribution is -2.54. The van der Waals surface area contributed by atoms with Crippen molar-refractivity contribution in [3.05, 3.63) is 83.4 Å². The number of carbonyl (C=O) groups is 3. The number of esters is 1. The third kappa shape index (κ3) is 6.89. The average molecular weight is 612 g/mol. The molecule has 2 heterocycles. The summed E-state index contributed by atoms with van der Waals surface area (Å²) in [7, 11) is 0. The highest BCUT2D eigenvalue weighted by atomic mass is 16.6.